The van der Waals surface area contributed by atoms with Gasteiger partial charge < -0.3 is 38.1 Å². The molecule has 0 fully saturated rings. The van der Waals surface area contributed by atoms with E-state index in [9.17, 15) is 4.79 Å². The van der Waals surface area contributed by atoms with Crippen molar-refractivity contribution in [3.63, 3.8) is 0 Å². The molecule has 2 N–H and O–H groups in total. The van der Waals surface area contributed by atoms with Gasteiger partial charge in [0.15, 0.2) is 5.11 Å². The molecule has 1 atom stereocenters. The van der Waals surface area contributed by atoms with Crippen molar-refractivity contribution in [3.8, 4) is 0 Å². The van der Waals surface area contributed by atoms with E-state index < -0.39 is 5.37 Å². The predicted octanol–water partition coefficient (Wildman–Crippen LogP) is -0.663. The third-order valence-corrected chi connectivity index (χ3v) is 2.33. The van der Waals surface area contributed by atoms with E-state index in [1.54, 1.807) is 0 Å². The Balaban J connectivity index is -0.000000281. The van der Waals surface area contributed by atoms with Crippen molar-refractivity contribution in [1.29, 1.82) is 0 Å². The van der Waals surface area contributed by atoms with E-state index in [2.05, 4.69) is 10.6 Å². The van der Waals surface area contributed by atoms with Crippen molar-refractivity contribution < 1.29 is 88.9 Å². The molecule has 0 aliphatic carbocycles. The number of rotatable bonds is 3. The van der Waals surface area contributed by atoms with Gasteiger partial charge in [0.1, 0.15) is 5.78 Å². The molecular weight excluding hydrogens is 380 g/mol. The molecule has 1 aromatic carbocycles. The first-order chi connectivity index (χ1) is 7.09. The zero-order chi connectivity index (χ0) is 11.3. The normalized spacial score (nSPS) is 9.16. The van der Waals surface area contributed by atoms with Crippen molar-refractivity contribution in [2.75, 3.05) is 5.32 Å². The summed E-state index contributed by atoms with van der Waals surface area (Å²) in [6.45, 7) is 1.43. The molecule has 0 bridgehead atoms. The topological polar surface area (TPSA) is 41.1 Å². The number of carbonyl (C=O) groups excluding carboxylic acids is 1. The average molecular weight is 397 g/mol. The smallest absolute Gasteiger partial charge is 0.761 e. The molecule has 0 saturated carbocycles. The van der Waals surface area contributed by atoms with E-state index in [-0.39, 0.29) is 105 Å². The second-order valence-corrected chi connectivity index (χ2v) is 3.83. The fraction of sp³-hybridized carbons (Fsp3) is 0.167. The van der Waals surface area contributed by atoms with Gasteiger partial charge >= 0.3 is 51.4 Å². The number of benzene rings is 1. The summed E-state index contributed by atoms with van der Waals surface area (Å²) in [6, 6.07) is 9.44. The number of hydrogen-bond donors (Lipinski definition) is 2. The molecule has 0 spiro atoms. The molecule has 0 heterocycles. The van der Waals surface area contributed by atoms with Crippen LogP contribution in [0.5, 0.6) is 0 Å². The Morgan fingerprint density at radius 1 is 1.26 bits per heavy atom. The number of anilines is 1. The van der Waals surface area contributed by atoms with Gasteiger partial charge in [0.2, 0.25) is 0 Å². The van der Waals surface area contributed by atoms with Gasteiger partial charge in [0.25, 0.3) is 0 Å². The SMILES string of the molecule is CC(=O)C([S-])NC(=S)Nc1ccccc1.[CH3-].[CH3-].[K+].[Y]. The second kappa shape index (κ2) is 16.0. The summed E-state index contributed by atoms with van der Waals surface area (Å²) in [7, 11) is 0. The van der Waals surface area contributed by atoms with Gasteiger partial charge in [0, 0.05) is 38.4 Å². The molecule has 1 radical (unpaired) electrons. The number of nitrogens with one attached hydrogen (secondary N) is 2. The molecule has 0 aliphatic heterocycles. The van der Waals surface area contributed by atoms with E-state index in [1.165, 1.54) is 6.92 Å². The molecular formula is C12H17KN2OS2Y-2. The zero-order valence-electron chi connectivity index (χ0n) is 11.8. The van der Waals surface area contributed by atoms with Crippen molar-refractivity contribution in [2.45, 2.75) is 12.3 Å². The molecule has 0 amide bonds. The van der Waals surface area contributed by atoms with Crippen LogP contribution in [0.3, 0.4) is 0 Å². The number of thiocarbonyl (C=S) groups is 1. The summed E-state index contributed by atoms with van der Waals surface area (Å²) in [5.41, 5.74) is 0.862. The van der Waals surface area contributed by atoms with Crippen LogP contribution in [0.4, 0.5) is 5.69 Å². The van der Waals surface area contributed by atoms with Gasteiger partial charge in [-0.05, 0) is 36.6 Å². The predicted molar refractivity (Wildman–Crippen MR) is 80.5 cm³/mol. The number of Topliss-reactive ketones (excluding diaryl/α,β-unsaturated/α-hetero) is 1. The maximum absolute atomic E-state index is 10.9. The number of para-hydroxylation sites is 1. The Labute approximate surface area is 195 Å². The Morgan fingerprint density at radius 3 is 2.16 bits per heavy atom. The van der Waals surface area contributed by atoms with Crippen molar-refractivity contribution in [2.24, 2.45) is 0 Å². The summed E-state index contributed by atoms with van der Waals surface area (Å²) in [4.78, 5) is 10.9. The minimum Gasteiger partial charge on any atom is -0.761 e. The fourth-order valence-electron chi connectivity index (χ4n) is 0.909. The van der Waals surface area contributed by atoms with E-state index in [4.69, 9.17) is 24.8 Å². The van der Waals surface area contributed by atoms with Crippen LogP contribution in [0.1, 0.15) is 6.92 Å². The Morgan fingerprint density at radius 2 is 1.74 bits per heavy atom. The number of hydrogen-bond acceptors (Lipinski definition) is 3. The Hall–Kier alpha value is 1.67. The third kappa shape index (κ3) is 13.1. The van der Waals surface area contributed by atoms with Crippen LogP contribution in [0.15, 0.2) is 30.3 Å². The van der Waals surface area contributed by atoms with Crippen molar-refractivity contribution >= 4 is 41.4 Å². The molecule has 3 nitrogen and oxygen atoms in total. The van der Waals surface area contributed by atoms with E-state index in [0.717, 1.165) is 5.69 Å². The quantitative estimate of drug-likeness (QED) is 0.307. The molecule has 0 saturated heterocycles. The molecule has 1 aromatic rings. The molecule has 19 heavy (non-hydrogen) atoms. The second-order valence-electron chi connectivity index (χ2n) is 2.96. The summed E-state index contributed by atoms with van der Waals surface area (Å²) in [5, 5.41) is 5.33. The zero-order valence-corrected chi connectivity index (χ0v) is 19.4. The first kappa shape index (κ1) is 28.8. The summed E-state index contributed by atoms with van der Waals surface area (Å²) < 4.78 is 0. The average Bonchev–Trinajstić information content (AvgIpc) is 2.18. The van der Waals surface area contributed by atoms with Crippen molar-refractivity contribution in [1.82, 2.24) is 5.32 Å². The largest absolute Gasteiger partial charge is 1.00 e. The van der Waals surface area contributed by atoms with Gasteiger partial charge in [-0.1, -0.05) is 18.2 Å². The van der Waals surface area contributed by atoms with Crippen LogP contribution in [-0.4, -0.2) is 16.3 Å². The summed E-state index contributed by atoms with van der Waals surface area (Å²) >= 11 is 9.86. The van der Waals surface area contributed by atoms with Crippen LogP contribution >= 0.6 is 12.2 Å². The maximum Gasteiger partial charge on any atom is 1.00 e. The number of ketones is 1. The maximum atomic E-state index is 10.9. The van der Waals surface area contributed by atoms with E-state index >= 15 is 0 Å². The Bertz CT molecular complexity index is 366. The first-order valence-corrected chi connectivity index (χ1v) is 5.26. The molecule has 1 rings (SSSR count). The van der Waals surface area contributed by atoms with Crippen LogP contribution in [0, 0.1) is 14.9 Å². The van der Waals surface area contributed by atoms with Crippen LogP contribution in [-0.2, 0) is 50.1 Å². The van der Waals surface area contributed by atoms with Gasteiger partial charge in [-0.15, -0.1) is 0 Å². The summed E-state index contributed by atoms with van der Waals surface area (Å²) in [5.74, 6) is -0.123. The summed E-state index contributed by atoms with van der Waals surface area (Å²) in [6.07, 6.45) is 0. The molecule has 0 aromatic heterocycles. The molecule has 1 unspecified atom stereocenters. The van der Waals surface area contributed by atoms with Crippen LogP contribution in [0.2, 0.25) is 0 Å². The van der Waals surface area contributed by atoms with Gasteiger partial charge in [-0.25, -0.2) is 0 Å². The standard InChI is InChI=1S/C10H12N2OS2.2CH3.K.Y/c1-7(13)9(14)12-10(15)11-8-5-3-2-4-6-8;;;;/h2-6,9,14H,1H3,(H2,11,12,15);2*1H3;;/q;2*-1;+1;/p-1. The van der Waals surface area contributed by atoms with Crippen molar-refractivity contribution in [3.05, 3.63) is 45.2 Å². The van der Waals surface area contributed by atoms with Gasteiger partial charge in [-0.2, -0.15) is 0 Å². The van der Waals surface area contributed by atoms with E-state index in [0.29, 0.717) is 5.11 Å². The first-order valence-electron chi connectivity index (χ1n) is 4.38. The molecule has 99 valence electrons. The molecule has 0 aliphatic rings. The molecule has 7 heteroatoms. The van der Waals surface area contributed by atoms with E-state index in [1.807, 2.05) is 30.3 Å². The van der Waals surface area contributed by atoms with Crippen LogP contribution < -0.4 is 62.0 Å². The minimum atomic E-state index is -0.672. The van der Waals surface area contributed by atoms with Gasteiger partial charge in [0.05, 0.1) is 0 Å². The number of carbonyl (C=O) groups is 1. The Kier molecular flexibility index (Phi) is 24.3. The van der Waals surface area contributed by atoms with Crippen LogP contribution in [0.25, 0.3) is 0 Å². The minimum absolute atomic E-state index is 0. The third-order valence-electron chi connectivity index (χ3n) is 1.66. The van der Waals surface area contributed by atoms with Gasteiger partial charge in [-0.3, -0.25) is 4.79 Å². The fourth-order valence-corrected chi connectivity index (χ4v) is 1.34. The monoisotopic (exact) mass is 397 g/mol.